The quantitative estimate of drug-likeness (QED) is 0.672. The Labute approximate surface area is 163 Å². The fourth-order valence-electron chi connectivity index (χ4n) is 2.77. The van der Waals surface area contributed by atoms with Crippen LogP contribution in [0.5, 0.6) is 0 Å². The van der Waals surface area contributed by atoms with Gasteiger partial charge >= 0.3 is 0 Å². The molecule has 0 radical (unpaired) electrons. The average molecular weight is 396 g/mol. The van der Waals surface area contributed by atoms with E-state index in [1.165, 1.54) is 19.4 Å². The number of anilines is 1. The number of hydrogen-bond acceptors (Lipinski definition) is 5. The Balaban J connectivity index is 2.08. The fourth-order valence-corrected chi connectivity index (χ4v) is 4.12. The van der Waals surface area contributed by atoms with Crippen LogP contribution in [0.15, 0.2) is 53.8 Å². The second-order valence-corrected chi connectivity index (χ2v) is 8.27. The second-order valence-electron chi connectivity index (χ2n) is 6.33. The van der Waals surface area contributed by atoms with E-state index in [1.54, 1.807) is 37.3 Å². The highest BCUT2D eigenvalue weighted by Crippen LogP contribution is 2.29. The Bertz CT molecular complexity index is 1200. The lowest BCUT2D eigenvalue weighted by Gasteiger charge is -2.21. The first-order chi connectivity index (χ1) is 13.2. The van der Waals surface area contributed by atoms with Crippen LogP contribution in [0.3, 0.4) is 0 Å². The summed E-state index contributed by atoms with van der Waals surface area (Å²) >= 11 is 0. The van der Waals surface area contributed by atoms with Crippen molar-refractivity contribution < 1.29 is 12.8 Å². The third-order valence-corrected chi connectivity index (χ3v) is 6.24. The minimum atomic E-state index is -3.82. The zero-order valence-electron chi connectivity index (χ0n) is 15.5. The maximum atomic E-state index is 14.0. The van der Waals surface area contributed by atoms with Crippen molar-refractivity contribution >= 4 is 15.7 Å². The molecule has 0 spiro atoms. The minimum absolute atomic E-state index is 0.114. The van der Waals surface area contributed by atoms with Gasteiger partial charge in [0, 0.05) is 37.3 Å². The van der Waals surface area contributed by atoms with Gasteiger partial charge in [0.2, 0.25) is 0 Å². The fraction of sp³-hybridized carbons (Fsp3) is 0.150. The van der Waals surface area contributed by atoms with E-state index >= 15 is 0 Å². The number of nitriles is 1. The Morgan fingerprint density at radius 1 is 1.14 bits per heavy atom. The maximum absolute atomic E-state index is 14.0. The lowest BCUT2D eigenvalue weighted by molar-refractivity contribution is 0.593. The highest BCUT2D eigenvalue weighted by atomic mass is 32.2. The van der Waals surface area contributed by atoms with Crippen LogP contribution in [-0.4, -0.2) is 25.4 Å². The molecule has 0 aliphatic rings. The van der Waals surface area contributed by atoms with Crippen LogP contribution < -0.4 is 4.31 Å². The summed E-state index contributed by atoms with van der Waals surface area (Å²) in [5.74, 6) is -0.678. The van der Waals surface area contributed by atoms with E-state index in [2.05, 4.69) is 9.97 Å². The topological polar surface area (TPSA) is 87.0 Å². The highest BCUT2D eigenvalue weighted by molar-refractivity contribution is 7.92. The van der Waals surface area contributed by atoms with Crippen molar-refractivity contribution in [2.75, 3.05) is 11.4 Å². The summed E-state index contributed by atoms with van der Waals surface area (Å²) < 4.78 is 41.2. The molecule has 1 aromatic carbocycles. The van der Waals surface area contributed by atoms with E-state index in [0.717, 1.165) is 22.1 Å². The van der Waals surface area contributed by atoms with Crippen molar-refractivity contribution in [3.05, 3.63) is 71.4 Å². The molecule has 8 heteroatoms. The van der Waals surface area contributed by atoms with Gasteiger partial charge in [0.25, 0.3) is 10.0 Å². The standard InChI is InChI=1S/C20H17FN4O2S/c1-13-6-15(19-9-18(21)16(10-22)11-24-19)8-17(7-13)25(3)28(26,27)20-12-23-5-4-14(20)2/h4-9,11-12H,1-3H3. The van der Waals surface area contributed by atoms with Crippen molar-refractivity contribution in [3.8, 4) is 17.3 Å². The number of rotatable bonds is 4. The molecule has 0 saturated heterocycles. The van der Waals surface area contributed by atoms with Crippen LogP contribution in [0.25, 0.3) is 11.3 Å². The van der Waals surface area contributed by atoms with E-state index in [0.29, 0.717) is 22.5 Å². The molecular weight excluding hydrogens is 379 g/mol. The molecule has 0 saturated carbocycles. The summed E-state index contributed by atoms with van der Waals surface area (Å²) in [6, 6.07) is 9.62. The Morgan fingerprint density at radius 2 is 1.89 bits per heavy atom. The van der Waals surface area contributed by atoms with Gasteiger partial charge < -0.3 is 0 Å². The number of aryl methyl sites for hydroxylation is 2. The molecular formula is C20H17FN4O2S. The van der Waals surface area contributed by atoms with Crippen LogP contribution in [-0.2, 0) is 10.0 Å². The number of halogens is 1. The van der Waals surface area contributed by atoms with E-state index < -0.39 is 15.8 Å². The van der Waals surface area contributed by atoms with E-state index in [-0.39, 0.29) is 10.5 Å². The molecule has 0 unspecified atom stereocenters. The number of sulfonamides is 1. The largest absolute Gasteiger partial charge is 0.269 e. The van der Waals surface area contributed by atoms with Crippen molar-refractivity contribution in [2.24, 2.45) is 0 Å². The molecule has 6 nitrogen and oxygen atoms in total. The van der Waals surface area contributed by atoms with Gasteiger partial charge in [-0.3, -0.25) is 14.3 Å². The van der Waals surface area contributed by atoms with Gasteiger partial charge in [-0.1, -0.05) is 0 Å². The monoisotopic (exact) mass is 396 g/mol. The summed E-state index contributed by atoms with van der Waals surface area (Å²) in [6.07, 6.45) is 4.01. The molecule has 3 aromatic rings. The minimum Gasteiger partial charge on any atom is -0.269 e. The predicted octanol–water partition coefficient (Wildman–Crippen LogP) is 3.60. The molecule has 0 atom stereocenters. The van der Waals surface area contributed by atoms with Gasteiger partial charge in [0.1, 0.15) is 22.3 Å². The SMILES string of the molecule is Cc1cc(-c2cc(F)c(C#N)cn2)cc(N(C)S(=O)(=O)c2cnccc2C)c1. The zero-order chi connectivity index (χ0) is 20.5. The molecule has 0 aliphatic heterocycles. The summed E-state index contributed by atoms with van der Waals surface area (Å²) in [7, 11) is -2.37. The van der Waals surface area contributed by atoms with Gasteiger partial charge in [-0.05, 0) is 49.2 Å². The number of benzene rings is 1. The van der Waals surface area contributed by atoms with Crippen molar-refractivity contribution in [2.45, 2.75) is 18.7 Å². The van der Waals surface area contributed by atoms with E-state index in [9.17, 15) is 12.8 Å². The first-order valence-corrected chi connectivity index (χ1v) is 9.75. The molecule has 142 valence electrons. The lowest BCUT2D eigenvalue weighted by Crippen LogP contribution is -2.27. The number of hydrogen-bond donors (Lipinski definition) is 0. The number of nitrogens with zero attached hydrogens (tertiary/aromatic N) is 4. The van der Waals surface area contributed by atoms with E-state index in [1.807, 2.05) is 6.92 Å². The average Bonchev–Trinajstić information content (AvgIpc) is 2.67. The van der Waals surface area contributed by atoms with Gasteiger partial charge in [-0.25, -0.2) is 12.8 Å². The highest BCUT2D eigenvalue weighted by Gasteiger charge is 2.24. The molecule has 0 fully saturated rings. The Hall–Kier alpha value is -3.31. The molecule has 0 aliphatic carbocycles. The van der Waals surface area contributed by atoms with Crippen LogP contribution >= 0.6 is 0 Å². The van der Waals surface area contributed by atoms with Crippen molar-refractivity contribution in [3.63, 3.8) is 0 Å². The molecule has 2 aromatic heterocycles. The normalized spacial score (nSPS) is 11.1. The van der Waals surface area contributed by atoms with Gasteiger partial charge in [-0.2, -0.15) is 5.26 Å². The second kappa shape index (κ2) is 7.37. The van der Waals surface area contributed by atoms with Gasteiger partial charge in [-0.15, -0.1) is 0 Å². The third kappa shape index (κ3) is 3.57. The number of aromatic nitrogens is 2. The molecule has 2 heterocycles. The summed E-state index contributed by atoms with van der Waals surface area (Å²) in [5, 5.41) is 8.85. The maximum Gasteiger partial charge on any atom is 0.265 e. The summed E-state index contributed by atoms with van der Waals surface area (Å²) in [6.45, 7) is 3.51. The molecule has 3 rings (SSSR count). The van der Waals surface area contributed by atoms with Crippen LogP contribution in [0.4, 0.5) is 10.1 Å². The molecule has 0 amide bonds. The summed E-state index contributed by atoms with van der Waals surface area (Å²) in [5.41, 5.74) is 2.48. The van der Waals surface area contributed by atoms with Crippen LogP contribution in [0.1, 0.15) is 16.7 Å². The third-order valence-electron chi connectivity index (χ3n) is 4.32. The number of pyridine rings is 2. The van der Waals surface area contributed by atoms with Crippen molar-refractivity contribution in [1.29, 1.82) is 5.26 Å². The lowest BCUT2D eigenvalue weighted by atomic mass is 10.1. The predicted molar refractivity (Wildman–Crippen MR) is 104 cm³/mol. The first-order valence-electron chi connectivity index (χ1n) is 8.31. The Morgan fingerprint density at radius 3 is 2.54 bits per heavy atom. The molecule has 28 heavy (non-hydrogen) atoms. The molecule has 0 N–H and O–H groups in total. The van der Waals surface area contributed by atoms with Crippen LogP contribution in [0.2, 0.25) is 0 Å². The van der Waals surface area contributed by atoms with Gasteiger partial charge in [0.15, 0.2) is 0 Å². The smallest absolute Gasteiger partial charge is 0.265 e. The Kier molecular flexibility index (Phi) is 5.12. The van der Waals surface area contributed by atoms with Gasteiger partial charge in [0.05, 0.1) is 11.4 Å². The molecule has 0 bridgehead atoms. The zero-order valence-corrected chi connectivity index (χ0v) is 16.3. The van der Waals surface area contributed by atoms with Crippen LogP contribution in [0, 0.1) is 31.0 Å². The first kappa shape index (κ1) is 19.5. The summed E-state index contributed by atoms with van der Waals surface area (Å²) in [4.78, 5) is 8.14. The van der Waals surface area contributed by atoms with Crippen molar-refractivity contribution in [1.82, 2.24) is 9.97 Å². The van der Waals surface area contributed by atoms with E-state index in [4.69, 9.17) is 5.26 Å².